The summed E-state index contributed by atoms with van der Waals surface area (Å²) >= 11 is 3.55. The highest BCUT2D eigenvalue weighted by Crippen LogP contribution is 2.35. The van der Waals surface area contributed by atoms with Crippen molar-refractivity contribution in [2.45, 2.75) is 24.8 Å². The summed E-state index contributed by atoms with van der Waals surface area (Å²) in [5.41, 5.74) is 0.682. The SMILES string of the molecule is COC(=O)C1(C)CC(c2ccccc2Br)CN1. The number of carbonyl (C=O) groups is 1. The number of esters is 1. The number of rotatable bonds is 2. The number of benzene rings is 1. The first-order chi connectivity index (χ1) is 8.07. The van der Waals surface area contributed by atoms with Crippen molar-refractivity contribution in [1.29, 1.82) is 0 Å². The van der Waals surface area contributed by atoms with Crippen LogP contribution in [0.15, 0.2) is 28.7 Å². The fraction of sp³-hybridized carbons (Fsp3) is 0.462. The van der Waals surface area contributed by atoms with Crippen LogP contribution in [0.5, 0.6) is 0 Å². The maximum Gasteiger partial charge on any atom is 0.325 e. The number of ether oxygens (including phenoxy) is 1. The highest BCUT2D eigenvalue weighted by molar-refractivity contribution is 9.10. The third-order valence-corrected chi connectivity index (χ3v) is 4.10. The molecule has 0 amide bonds. The van der Waals surface area contributed by atoms with Crippen LogP contribution in [0.25, 0.3) is 0 Å². The first-order valence-corrected chi connectivity index (χ1v) is 6.44. The zero-order valence-corrected chi connectivity index (χ0v) is 11.6. The summed E-state index contributed by atoms with van der Waals surface area (Å²) in [6, 6.07) is 8.14. The van der Waals surface area contributed by atoms with Crippen LogP contribution in [0.2, 0.25) is 0 Å². The molecule has 2 atom stereocenters. The number of hydrogen-bond donors (Lipinski definition) is 1. The molecule has 0 saturated carbocycles. The van der Waals surface area contributed by atoms with Gasteiger partial charge in [-0.2, -0.15) is 0 Å². The lowest BCUT2D eigenvalue weighted by atomic mass is 9.90. The molecule has 0 radical (unpaired) electrons. The second-order valence-corrected chi connectivity index (χ2v) is 5.48. The summed E-state index contributed by atoms with van der Waals surface area (Å²) in [6.07, 6.45) is 0.766. The van der Waals surface area contributed by atoms with Gasteiger partial charge in [0.05, 0.1) is 7.11 Å². The van der Waals surface area contributed by atoms with Crippen LogP contribution in [-0.4, -0.2) is 25.2 Å². The van der Waals surface area contributed by atoms with Gasteiger partial charge < -0.3 is 10.1 Å². The van der Waals surface area contributed by atoms with Crippen molar-refractivity contribution >= 4 is 21.9 Å². The molecule has 1 fully saturated rings. The van der Waals surface area contributed by atoms with Gasteiger partial charge in [-0.25, -0.2) is 0 Å². The topological polar surface area (TPSA) is 38.3 Å². The first kappa shape index (κ1) is 12.6. The van der Waals surface area contributed by atoms with E-state index in [4.69, 9.17) is 4.74 Å². The number of nitrogens with one attached hydrogen (secondary N) is 1. The normalized spacial score (nSPS) is 28.1. The molecule has 0 aromatic heterocycles. The molecule has 2 unspecified atom stereocenters. The Morgan fingerprint density at radius 3 is 2.88 bits per heavy atom. The van der Waals surface area contributed by atoms with Crippen molar-refractivity contribution in [1.82, 2.24) is 5.32 Å². The highest BCUT2D eigenvalue weighted by atomic mass is 79.9. The second kappa shape index (κ2) is 4.78. The van der Waals surface area contributed by atoms with E-state index in [0.717, 1.165) is 17.4 Å². The minimum Gasteiger partial charge on any atom is -0.468 e. The number of hydrogen-bond acceptors (Lipinski definition) is 3. The Morgan fingerprint density at radius 2 is 2.24 bits per heavy atom. The predicted molar refractivity (Wildman–Crippen MR) is 69.9 cm³/mol. The molecular weight excluding hydrogens is 282 g/mol. The van der Waals surface area contributed by atoms with Gasteiger partial charge in [0.25, 0.3) is 0 Å². The maximum absolute atomic E-state index is 11.7. The summed E-state index contributed by atoms with van der Waals surface area (Å²) in [5.74, 6) is 0.154. The summed E-state index contributed by atoms with van der Waals surface area (Å²) in [4.78, 5) is 11.7. The van der Waals surface area contributed by atoms with E-state index in [1.54, 1.807) is 0 Å². The highest BCUT2D eigenvalue weighted by Gasteiger charge is 2.42. The lowest BCUT2D eigenvalue weighted by Gasteiger charge is -2.21. The van der Waals surface area contributed by atoms with E-state index >= 15 is 0 Å². The average Bonchev–Trinajstić information content (AvgIpc) is 2.72. The molecule has 1 saturated heterocycles. The van der Waals surface area contributed by atoms with Crippen molar-refractivity contribution in [3.05, 3.63) is 34.3 Å². The molecule has 1 N–H and O–H groups in total. The lowest BCUT2D eigenvalue weighted by Crippen LogP contribution is -2.45. The smallest absolute Gasteiger partial charge is 0.325 e. The van der Waals surface area contributed by atoms with Crippen molar-refractivity contribution in [2.24, 2.45) is 0 Å². The Balaban J connectivity index is 2.18. The summed E-state index contributed by atoms with van der Waals surface area (Å²) < 4.78 is 5.94. The second-order valence-electron chi connectivity index (χ2n) is 4.63. The Morgan fingerprint density at radius 1 is 1.53 bits per heavy atom. The van der Waals surface area contributed by atoms with Gasteiger partial charge in [-0.05, 0) is 30.9 Å². The van der Waals surface area contributed by atoms with Crippen molar-refractivity contribution < 1.29 is 9.53 Å². The van der Waals surface area contributed by atoms with Gasteiger partial charge in [0.2, 0.25) is 0 Å². The van der Waals surface area contributed by atoms with Crippen LogP contribution in [0, 0.1) is 0 Å². The monoisotopic (exact) mass is 297 g/mol. The van der Waals surface area contributed by atoms with Gasteiger partial charge in [-0.1, -0.05) is 34.1 Å². The Hall–Kier alpha value is -0.870. The van der Waals surface area contributed by atoms with Crippen LogP contribution in [0.1, 0.15) is 24.8 Å². The van der Waals surface area contributed by atoms with Gasteiger partial charge in [0, 0.05) is 11.0 Å². The molecule has 0 bridgehead atoms. The molecule has 2 rings (SSSR count). The Labute approximate surface area is 110 Å². The first-order valence-electron chi connectivity index (χ1n) is 5.65. The minimum absolute atomic E-state index is 0.188. The molecule has 1 aliphatic rings. The molecule has 0 spiro atoms. The van der Waals surface area contributed by atoms with E-state index in [9.17, 15) is 4.79 Å². The fourth-order valence-electron chi connectivity index (χ4n) is 2.39. The molecule has 92 valence electrons. The Kier molecular flexibility index (Phi) is 3.54. The molecule has 3 nitrogen and oxygen atoms in total. The third-order valence-electron chi connectivity index (χ3n) is 3.37. The molecule has 17 heavy (non-hydrogen) atoms. The van der Waals surface area contributed by atoms with E-state index in [2.05, 4.69) is 27.3 Å². The minimum atomic E-state index is -0.561. The lowest BCUT2D eigenvalue weighted by molar-refractivity contribution is -0.147. The van der Waals surface area contributed by atoms with Crippen LogP contribution >= 0.6 is 15.9 Å². The van der Waals surface area contributed by atoms with Gasteiger partial charge in [0.15, 0.2) is 0 Å². The summed E-state index contributed by atoms with van der Waals surface area (Å²) in [6.45, 7) is 2.70. The van der Waals surface area contributed by atoms with Gasteiger partial charge in [0.1, 0.15) is 5.54 Å². The van der Waals surface area contributed by atoms with Crippen molar-refractivity contribution in [2.75, 3.05) is 13.7 Å². The standard InChI is InChI=1S/C13H16BrNO2/c1-13(12(16)17-2)7-9(8-15-13)10-5-3-4-6-11(10)14/h3-6,9,15H,7-8H2,1-2H3. The number of carbonyl (C=O) groups excluding carboxylic acids is 1. The molecule has 1 aliphatic heterocycles. The zero-order valence-electron chi connectivity index (χ0n) is 10.00. The largest absolute Gasteiger partial charge is 0.468 e. The fourth-order valence-corrected chi connectivity index (χ4v) is 3.00. The van der Waals surface area contributed by atoms with Crippen molar-refractivity contribution in [3.8, 4) is 0 Å². The maximum atomic E-state index is 11.7. The van der Waals surface area contributed by atoms with Gasteiger partial charge in [-0.15, -0.1) is 0 Å². The zero-order chi connectivity index (χ0) is 12.5. The van der Waals surface area contributed by atoms with E-state index in [1.807, 2.05) is 25.1 Å². The number of halogens is 1. The predicted octanol–water partition coefficient (Wildman–Crippen LogP) is 2.46. The van der Waals surface area contributed by atoms with E-state index in [1.165, 1.54) is 12.7 Å². The summed E-state index contributed by atoms with van der Waals surface area (Å²) in [5, 5.41) is 3.26. The molecule has 4 heteroatoms. The molecule has 1 aromatic rings. The molecule has 1 aromatic carbocycles. The quantitative estimate of drug-likeness (QED) is 0.852. The van der Waals surface area contributed by atoms with Crippen LogP contribution in [-0.2, 0) is 9.53 Å². The van der Waals surface area contributed by atoms with E-state index in [-0.39, 0.29) is 5.97 Å². The molecule has 1 heterocycles. The van der Waals surface area contributed by atoms with E-state index in [0.29, 0.717) is 5.92 Å². The molecular formula is C13H16BrNO2. The van der Waals surface area contributed by atoms with Gasteiger partial charge in [-0.3, -0.25) is 4.79 Å². The van der Waals surface area contributed by atoms with Crippen LogP contribution < -0.4 is 5.32 Å². The average molecular weight is 298 g/mol. The van der Waals surface area contributed by atoms with Gasteiger partial charge >= 0.3 is 5.97 Å². The number of methoxy groups -OCH3 is 1. The summed E-state index contributed by atoms with van der Waals surface area (Å²) in [7, 11) is 1.43. The van der Waals surface area contributed by atoms with Crippen LogP contribution in [0.3, 0.4) is 0 Å². The third kappa shape index (κ3) is 2.38. The van der Waals surface area contributed by atoms with E-state index < -0.39 is 5.54 Å². The Bertz CT molecular complexity index is 435. The molecule has 0 aliphatic carbocycles. The van der Waals surface area contributed by atoms with Crippen molar-refractivity contribution in [3.63, 3.8) is 0 Å². The van der Waals surface area contributed by atoms with Crippen LogP contribution in [0.4, 0.5) is 0 Å².